The van der Waals surface area contributed by atoms with Crippen molar-refractivity contribution in [3.05, 3.63) is 97.5 Å². The van der Waals surface area contributed by atoms with E-state index in [1.54, 1.807) is 59.8 Å². The average Bonchev–Trinajstić information content (AvgIpc) is 3.65. The van der Waals surface area contributed by atoms with Gasteiger partial charge < -0.3 is 10.1 Å². The number of amides is 2. The number of aromatic amines is 1. The molecule has 0 atom stereocenters. The molecule has 0 fully saturated rings. The van der Waals surface area contributed by atoms with Crippen LogP contribution in [0.15, 0.2) is 91.8 Å². The molecule has 11 heteroatoms. The second kappa shape index (κ2) is 10.5. The molecule has 4 aromatic heterocycles. The molecule has 11 nitrogen and oxygen atoms in total. The van der Waals surface area contributed by atoms with Crippen molar-refractivity contribution in [3.8, 4) is 28.4 Å². The van der Waals surface area contributed by atoms with E-state index in [2.05, 4.69) is 56.6 Å². The van der Waals surface area contributed by atoms with E-state index >= 15 is 0 Å². The number of hydrogen-bond donors (Lipinski definition) is 3. The monoisotopic (exact) mass is 545 g/mol. The van der Waals surface area contributed by atoms with E-state index in [1.807, 2.05) is 30.3 Å². The van der Waals surface area contributed by atoms with Gasteiger partial charge in [0, 0.05) is 52.8 Å². The minimum absolute atomic E-state index is 0.220. The first-order valence-corrected chi connectivity index (χ1v) is 12.9. The van der Waals surface area contributed by atoms with E-state index in [9.17, 15) is 4.79 Å². The molecular formula is C30H27N9O2. The number of hydrogen-bond acceptors (Lipinski definition) is 7. The maximum Gasteiger partial charge on any atom is 0.324 e. The number of H-pyrrole nitrogens is 1. The quantitative estimate of drug-likeness (QED) is 0.222. The van der Waals surface area contributed by atoms with Crippen LogP contribution in [0.25, 0.3) is 27.8 Å². The maximum absolute atomic E-state index is 13.0. The van der Waals surface area contributed by atoms with Crippen molar-refractivity contribution >= 4 is 28.4 Å². The summed E-state index contributed by atoms with van der Waals surface area (Å²) >= 11 is 0. The molecule has 0 radical (unpaired) electrons. The molecule has 0 unspecified atom stereocenters. The zero-order valence-corrected chi connectivity index (χ0v) is 22.7. The van der Waals surface area contributed by atoms with Gasteiger partial charge in [0.2, 0.25) is 0 Å². The van der Waals surface area contributed by atoms with E-state index in [0.29, 0.717) is 23.0 Å². The molecule has 0 aliphatic rings. The van der Waals surface area contributed by atoms with E-state index in [4.69, 9.17) is 9.84 Å². The Morgan fingerprint density at radius 1 is 0.927 bits per heavy atom. The summed E-state index contributed by atoms with van der Waals surface area (Å²) in [4.78, 5) is 25.8. The summed E-state index contributed by atoms with van der Waals surface area (Å²) in [7, 11) is 0. The molecule has 3 N–H and O–H groups in total. The summed E-state index contributed by atoms with van der Waals surface area (Å²) < 4.78 is 7.70. The Bertz CT molecular complexity index is 1820. The minimum atomic E-state index is -0.400. The summed E-state index contributed by atoms with van der Waals surface area (Å²) in [5.74, 6) is 1.79. The van der Waals surface area contributed by atoms with Gasteiger partial charge in [-0.15, -0.1) is 0 Å². The van der Waals surface area contributed by atoms with Gasteiger partial charge in [0.15, 0.2) is 0 Å². The molecule has 0 aliphatic carbocycles. The SMILES string of the molecule is CC(C)(C)c1cc(NC(=O)Nc2ccc(Oc3ccnc(-c4cn[nH]c4)c3)cc2)n(-c2ccc3ncncc3c2)n1. The summed E-state index contributed by atoms with van der Waals surface area (Å²) in [6.45, 7) is 6.23. The number of rotatable bonds is 6. The number of benzene rings is 2. The number of carbonyl (C=O) groups is 1. The molecule has 6 aromatic rings. The van der Waals surface area contributed by atoms with Gasteiger partial charge in [-0.25, -0.2) is 19.4 Å². The Labute approximate surface area is 235 Å². The van der Waals surface area contributed by atoms with Crippen molar-refractivity contribution in [1.29, 1.82) is 0 Å². The largest absolute Gasteiger partial charge is 0.457 e. The number of urea groups is 1. The summed E-state index contributed by atoms with van der Waals surface area (Å²) in [5, 5.41) is 18.2. The van der Waals surface area contributed by atoms with Crippen LogP contribution in [-0.4, -0.2) is 41.0 Å². The van der Waals surface area contributed by atoms with Crippen LogP contribution in [0.4, 0.5) is 16.3 Å². The summed E-state index contributed by atoms with van der Waals surface area (Å²) in [6.07, 6.45) is 8.41. The highest BCUT2D eigenvalue weighted by molar-refractivity contribution is 5.99. The Morgan fingerprint density at radius 2 is 1.78 bits per heavy atom. The predicted molar refractivity (Wildman–Crippen MR) is 156 cm³/mol. The number of ether oxygens (including phenoxy) is 1. The van der Waals surface area contributed by atoms with Crippen LogP contribution >= 0.6 is 0 Å². The van der Waals surface area contributed by atoms with Crippen LogP contribution in [0, 0.1) is 0 Å². The lowest BCUT2D eigenvalue weighted by Crippen LogP contribution is -2.21. The highest BCUT2D eigenvalue weighted by atomic mass is 16.5. The number of nitrogens with zero attached hydrogens (tertiary/aromatic N) is 6. The number of pyridine rings is 1. The third kappa shape index (κ3) is 5.74. The van der Waals surface area contributed by atoms with Crippen LogP contribution in [0.3, 0.4) is 0 Å². The standard InChI is InChI=1S/C30H27N9O2/c1-30(2,3)27-14-28(39(38-27)22-6-9-25-19(12-22)15-31-18-33-25)37-29(40)36-21-4-7-23(8-5-21)41-24-10-11-32-26(13-24)20-16-34-35-17-20/h4-18H,1-3H3,(H,34,35)(H2,36,37,40). The first-order chi connectivity index (χ1) is 19.8. The Balaban J connectivity index is 1.17. The van der Waals surface area contributed by atoms with E-state index in [-0.39, 0.29) is 5.41 Å². The minimum Gasteiger partial charge on any atom is -0.457 e. The van der Waals surface area contributed by atoms with Crippen LogP contribution in [0.5, 0.6) is 11.5 Å². The van der Waals surface area contributed by atoms with Gasteiger partial charge >= 0.3 is 6.03 Å². The Hall–Kier alpha value is -5.58. The second-order valence-corrected chi connectivity index (χ2v) is 10.4. The lowest BCUT2D eigenvalue weighted by Gasteiger charge is -2.14. The molecule has 0 bridgehead atoms. The molecule has 0 aliphatic heterocycles. The van der Waals surface area contributed by atoms with Gasteiger partial charge in [-0.1, -0.05) is 20.8 Å². The molecule has 204 valence electrons. The fraction of sp³-hybridized carbons (Fsp3) is 0.133. The van der Waals surface area contributed by atoms with Gasteiger partial charge in [0.25, 0.3) is 0 Å². The van der Waals surface area contributed by atoms with Crippen LogP contribution in [0.1, 0.15) is 26.5 Å². The smallest absolute Gasteiger partial charge is 0.324 e. The van der Waals surface area contributed by atoms with Gasteiger partial charge in [-0.05, 0) is 48.5 Å². The number of aromatic nitrogens is 7. The fourth-order valence-corrected chi connectivity index (χ4v) is 4.18. The van der Waals surface area contributed by atoms with Crippen molar-refractivity contribution < 1.29 is 9.53 Å². The molecule has 2 amide bonds. The molecule has 4 heterocycles. The Kier molecular flexibility index (Phi) is 6.60. The van der Waals surface area contributed by atoms with Gasteiger partial charge in [-0.2, -0.15) is 10.2 Å². The molecular weight excluding hydrogens is 518 g/mol. The Morgan fingerprint density at radius 3 is 2.56 bits per heavy atom. The zero-order chi connectivity index (χ0) is 28.4. The summed E-state index contributed by atoms with van der Waals surface area (Å²) in [5.41, 5.74) is 4.45. The molecule has 6 rings (SSSR count). The highest BCUT2D eigenvalue weighted by Crippen LogP contribution is 2.29. The van der Waals surface area contributed by atoms with Gasteiger partial charge in [0.05, 0.1) is 28.8 Å². The number of anilines is 2. The van der Waals surface area contributed by atoms with Crippen molar-refractivity contribution in [3.63, 3.8) is 0 Å². The molecule has 0 spiro atoms. The second-order valence-electron chi connectivity index (χ2n) is 10.4. The summed E-state index contributed by atoms with van der Waals surface area (Å²) in [6, 6.07) is 18.0. The number of carbonyl (C=O) groups excluding carboxylic acids is 1. The first kappa shape index (κ1) is 25.7. The van der Waals surface area contributed by atoms with Gasteiger partial charge in [0.1, 0.15) is 23.6 Å². The lowest BCUT2D eigenvalue weighted by molar-refractivity contribution is 0.262. The molecule has 0 saturated carbocycles. The molecule has 41 heavy (non-hydrogen) atoms. The van der Waals surface area contributed by atoms with E-state index in [1.165, 1.54) is 6.33 Å². The van der Waals surface area contributed by atoms with Crippen LogP contribution in [-0.2, 0) is 5.41 Å². The number of fused-ring (bicyclic) bond motifs is 1. The molecule has 0 saturated heterocycles. The number of nitrogens with one attached hydrogen (secondary N) is 3. The van der Waals surface area contributed by atoms with Crippen molar-refractivity contribution in [1.82, 2.24) is 34.9 Å². The average molecular weight is 546 g/mol. The third-order valence-corrected chi connectivity index (χ3v) is 6.33. The first-order valence-electron chi connectivity index (χ1n) is 12.9. The maximum atomic E-state index is 13.0. The topological polar surface area (TPSA) is 136 Å². The predicted octanol–water partition coefficient (Wildman–Crippen LogP) is 6.33. The lowest BCUT2D eigenvalue weighted by atomic mass is 9.92. The third-order valence-electron chi connectivity index (χ3n) is 6.33. The molecule has 2 aromatic carbocycles. The highest BCUT2D eigenvalue weighted by Gasteiger charge is 2.22. The van der Waals surface area contributed by atoms with E-state index < -0.39 is 6.03 Å². The normalized spacial score (nSPS) is 11.4. The van der Waals surface area contributed by atoms with Crippen LogP contribution in [0.2, 0.25) is 0 Å². The van der Waals surface area contributed by atoms with Crippen LogP contribution < -0.4 is 15.4 Å². The van der Waals surface area contributed by atoms with Crippen molar-refractivity contribution in [2.24, 2.45) is 0 Å². The zero-order valence-electron chi connectivity index (χ0n) is 22.7. The van der Waals surface area contributed by atoms with Gasteiger partial charge in [-0.3, -0.25) is 15.4 Å². The van der Waals surface area contributed by atoms with E-state index in [0.717, 1.165) is 33.5 Å². The van der Waals surface area contributed by atoms with Crippen molar-refractivity contribution in [2.45, 2.75) is 26.2 Å². The fourth-order valence-electron chi connectivity index (χ4n) is 4.18. The van der Waals surface area contributed by atoms with Crippen molar-refractivity contribution in [2.75, 3.05) is 10.6 Å².